The summed E-state index contributed by atoms with van der Waals surface area (Å²) in [7, 11) is 3.44. The van der Waals surface area contributed by atoms with E-state index in [1.165, 1.54) is 11.3 Å². The molecule has 0 bridgehead atoms. The number of nitrogens with one attached hydrogen (secondary N) is 1. The van der Waals surface area contributed by atoms with Crippen molar-refractivity contribution in [3.8, 4) is 6.07 Å². The van der Waals surface area contributed by atoms with Crippen molar-refractivity contribution in [3.05, 3.63) is 34.0 Å². The first-order valence-corrected chi connectivity index (χ1v) is 9.23. The molecule has 1 amide bonds. The Bertz CT molecular complexity index is 802. The van der Waals surface area contributed by atoms with Gasteiger partial charge in [-0.2, -0.15) is 5.26 Å². The molecule has 0 radical (unpaired) electrons. The van der Waals surface area contributed by atoms with Crippen LogP contribution in [0.4, 0.5) is 5.95 Å². The number of nitrogens with zero attached hydrogens (tertiary/aromatic N) is 5. The van der Waals surface area contributed by atoms with Crippen molar-refractivity contribution >= 4 is 23.2 Å². The van der Waals surface area contributed by atoms with Crippen LogP contribution in [0.1, 0.15) is 49.5 Å². The van der Waals surface area contributed by atoms with Crippen LogP contribution in [0.5, 0.6) is 0 Å². The molecule has 0 aliphatic heterocycles. The van der Waals surface area contributed by atoms with Crippen molar-refractivity contribution in [3.63, 3.8) is 0 Å². The molecule has 0 saturated carbocycles. The molecule has 2 aromatic rings. The minimum absolute atomic E-state index is 0.0288. The Morgan fingerprint density at radius 3 is 2.69 bits per heavy atom. The molecule has 1 N–H and O–H groups in total. The molecule has 7 nitrogen and oxygen atoms in total. The molecule has 1 unspecified atom stereocenters. The van der Waals surface area contributed by atoms with Crippen LogP contribution in [-0.2, 0) is 10.2 Å². The highest BCUT2D eigenvalue weighted by atomic mass is 32.1. The highest BCUT2D eigenvalue weighted by Gasteiger charge is 2.23. The van der Waals surface area contributed by atoms with Gasteiger partial charge in [-0.1, -0.05) is 20.8 Å². The second-order valence-corrected chi connectivity index (χ2v) is 8.04. The predicted octanol–water partition coefficient (Wildman–Crippen LogP) is 2.78. The van der Waals surface area contributed by atoms with Crippen LogP contribution in [-0.4, -0.2) is 46.4 Å². The van der Waals surface area contributed by atoms with Crippen LogP contribution in [0, 0.1) is 11.3 Å². The third-order valence-corrected chi connectivity index (χ3v) is 4.67. The number of hydrogen-bond acceptors (Lipinski definition) is 7. The van der Waals surface area contributed by atoms with E-state index in [1.54, 1.807) is 31.3 Å². The molecule has 0 aliphatic carbocycles. The van der Waals surface area contributed by atoms with Crippen molar-refractivity contribution in [2.45, 2.75) is 38.5 Å². The Kier molecular flexibility index (Phi) is 6.27. The minimum atomic E-state index is -0.539. The van der Waals surface area contributed by atoms with Gasteiger partial charge in [-0.05, 0) is 6.07 Å². The van der Waals surface area contributed by atoms with Gasteiger partial charge in [0.2, 0.25) is 11.9 Å². The Morgan fingerprint density at radius 2 is 2.12 bits per heavy atom. The minimum Gasteiger partial charge on any atom is -0.354 e. The van der Waals surface area contributed by atoms with Crippen LogP contribution in [0.25, 0.3) is 0 Å². The lowest BCUT2D eigenvalue weighted by Crippen LogP contribution is -2.24. The zero-order valence-electron chi connectivity index (χ0n) is 15.8. The molecule has 0 spiro atoms. The van der Waals surface area contributed by atoms with Crippen LogP contribution in [0.2, 0.25) is 0 Å². The maximum Gasteiger partial charge on any atom is 0.223 e. The number of amides is 1. The lowest BCUT2D eigenvalue weighted by molar-refractivity contribution is -0.128. The molecule has 0 aliphatic rings. The average Bonchev–Trinajstić information content (AvgIpc) is 3.06. The van der Waals surface area contributed by atoms with E-state index in [1.807, 2.05) is 5.38 Å². The molecule has 2 heterocycles. The van der Waals surface area contributed by atoms with Gasteiger partial charge in [0.1, 0.15) is 10.9 Å². The number of hydrogen-bond donors (Lipinski definition) is 1. The smallest absolute Gasteiger partial charge is 0.223 e. The fraction of sp³-hybridized carbons (Fsp3) is 0.500. The summed E-state index contributed by atoms with van der Waals surface area (Å²) in [6, 6.07) is 4.01. The van der Waals surface area contributed by atoms with Gasteiger partial charge in [-0.3, -0.25) is 4.79 Å². The summed E-state index contributed by atoms with van der Waals surface area (Å²) in [5.41, 5.74) is 1.50. The molecule has 0 saturated heterocycles. The Balaban J connectivity index is 2.13. The van der Waals surface area contributed by atoms with Crippen molar-refractivity contribution < 1.29 is 4.79 Å². The summed E-state index contributed by atoms with van der Waals surface area (Å²) in [6.07, 6.45) is 1.96. The van der Waals surface area contributed by atoms with E-state index in [0.29, 0.717) is 24.6 Å². The van der Waals surface area contributed by atoms with Crippen molar-refractivity contribution in [2.75, 3.05) is 26.0 Å². The number of carbonyl (C=O) groups excluding carboxylic acids is 1. The molecule has 26 heavy (non-hydrogen) atoms. The highest BCUT2D eigenvalue weighted by molar-refractivity contribution is 7.09. The molecular weight excluding hydrogens is 348 g/mol. The first-order chi connectivity index (χ1) is 12.2. The van der Waals surface area contributed by atoms with E-state index in [2.05, 4.69) is 47.1 Å². The van der Waals surface area contributed by atoms with Crippen LogP contribution < -0.4 is 5.32 Å². The average molecular weight is 372 g/mol. The summed E-state index contributed by atoms with van der Waals surface area (Å²) in [5, 5.41) is 15.4. The fourth-order valence-electron chi connectivity index (χ4n) is 2.14. The van der Waals surface area contributed by atoms with Gasteiger partial charge in [-0.15, -0.1) is 11.3 Å². The van der Waals surface area contributed by atoms with Gasteiger partial charge in [0.15, 0.2) is 0 Å². The van der Waals surface area contributed by atoms with E-state index in [-0.39, 0.29) is 11.3 Å². The predicted molar refractivity (Wildman–Crippen MR) is 102 cm³/mol. The Hall–Kier alpha value is -2.53. The summed E-state index contributed by atoms with van der Waals surface area (Å²) in [5.74, 6) is -0.106. The lowest BCUT2D eigenvalue weighted by Gasteiger charge is -2.14. The van der Waals surface area contributed by atoms with Gasteiger partial charge in [-0.25, -0.2) is 15.0 Å². The number of aromatic nitrogens is 3. The molecule has 1 atom stereocenters. The van der Waals surface area contributed by atoms with Crippen LogP contribution in [0.15, 0.2) is 17.6 Å². The fourth-order valence-corrected chi connectivity index (χ4v) is 3.24. The molecular formula is C18H24N6OS. The van der Waals surface area contributed by atoms with Crippen molar-refractivity contribution in [1.29, 1.82) is 5.26 Å². The standard InChI is InChI=1S/C18H24N6OS/c1-18(2,3)14-11-26-16(23-14)12(10-19)13-6-8-20-17(22-13)21-9-7-15(25)24(4)5/h6,8,11-12H,7,9H2,1-5H3,(H,20,21,22). The number of nitriles is 1. The quantitative estimate of drug-likeness (QED) is 0.838. The highest BCUT2D eigenvalue weighted by Crippen LogP contribution is 2.30. The monoisotopic (exact) mass is 372 g/mol. The second kappa shape index (κ2) is 8.23. The summed E-state index contributed by atoms with van der Waals surface area (Å²) in [4.78, 5) is 26.4. The molecule has 0 aromatic carbocycles. The molecule has 8 heteroatoms. The number of carbonyl (C=O) groups is 1. The third-order valence-electron chi connectivity index (χ3n) is 3.76. The maximum absolute atomic E-state index is 11.6. The molecule has 0 fully saturated rings. The van der Waals surface area contributed by atoms with Gasteiger partial charge in [0.05, 0.1) is 17.5 Å². The summed E-state index contributed by atoms with van der Waals surface area (Å²) in [6.45, 7) is 6.71. The molecule has 138 valence electrons. The van der Waals surface area contributed by atoms with E-state index >= 15 is 0 Å². The first kappa shape index (κ1) is 19.8. The van der Waals surface area contributed by atoms with E-state index < -0.39 is 5.92 Å². The first-order valence-electron chi connectivity index (χ1n) is 8.35. The van der Waals surface area contributed by atoms with Gasteiger partial charge < -0.3 is 10.2 Å². The number of thiazole rings is 1. The largest absolute Gasteiger partial charge is 0.354 e. The zero-order chi connectivity index (χ0) is 19.3. The van der Waals surface area contributed by atoms with Crippen LogP contribution >= 0.6 is 11.3 Å². The topological polar surface area (TPSA) is 94.8 Å². The van der Waals surface area contributed by atoms with Crippen LogP contribution in [0.3, 0.4) is 0 Å². The SMILES string of the molecule is CN(C)C(=O)CCNc1nccc(C(C#N)c2nc(C(C)(C)C)cs2)n1. The maximum atomic E-state index is 11.6. The van der Waals surface area contributed by atoms with E-state index in [4.69, 9.17) is 0 Å². The van der Waals surface area contributed by atoms with Gasteiger partial charge in [0.25, 0.3) is 0 Å². The van der Waals surface area contributed by atoms with Gasteiger partial charge in [0, 0.05) is 44.1 Å². The molecule has 2 rings (SSSR count). The molecule has 2 aromatic heterocycles. The van der Waals surface area contributed by atoms with Crippen molar-refractivity contribution in [2.24, 2.45) is 0 Å². The van der Waals surface area contributed by atoms with Gasteiger partial charge >= 0.3 is 0 Å². The van der Waals surface area contributed by atoms with E-state index in [9.17, 15) is 10.1 Å². The second-order valence-electron chi connectivity index (χ2n) is 7.15. The van der Waals surface area contributed by atoms with Crippen molar-refractivity contribution in [1.82, 2.24) is 19.9 Å². The zero-order valence-corrected chi connectivity index (χ0v) is 16.6. The number of rotatable bonds is 6. The lowest BCUT2D eigenvalue weighted by atomic mass is 9.93. The Labute approximate surface area is 158 Å². The summed E-state index contributed by atoms with van der Waals surface area (Å²) < 4.78 is 0. The number of anilines is 1. The normalized spacial score (nSPS) is 12.3. The third kappa shape index (κ3) is 4.99. The Morgan fingerprint density at radius 1 is 1.38 bits per heavy atom. The van der Waals surface area contributed by atoms with E-state index in [0.717, 1.165) is 10.7 Å². The summed E-state index contributed by atoms with van der Waals surface area (Å²) >= 11 is 1.47.